The third kappa shape index (κ3) is 21.6. The van der Waals surface area contributed by atoms with Crippen molar-refractivity contribution in [3.63, 3.8) is 0 Å². The van der Waals surface area contributed by atoms with Crippen LogP contribution in [0.5, 0.6) is 23.5 Å². The van der Waals surface area contributed by atoms with Crippen LogP contribution >= 0.6 is 22.7 Å². The maximum Gasteiger partial charge on any atom is 0.254 e. The summed E-state index contributed by atoms with van der Waals surface area (Å²) in [5, 5.41) is 39.9. The van der Waals surface area contributed by atoms with Crippen LogP contribution in [-0.2, 0) is 38.1 Å². The Morgan fingerprint density at radius 1 is 0.429 bits per heavy atom. The summed E-state index contributed by atoms with van der Waals surface area (Å²) in [6, 6.07) is 41.1. The molecule has 0 bridgehead atoms. The number of ether oxygens (including phenoxy) is 8. The highest BCUT2D eigenvalue weighted by Gasteiger charge is 2.46. The average molecular weight is 1750 g/mol. The van der Waals surface area contributed by atoms with E-state index in [0.29, 0.717) is 76.1 Å². The van der Waals surface area contributed by atoms with Gasteiger partial charge in [-0.1, -0.05) is 100 Å². The molecule has 4 amide bonds. The summed E-state index contributed by atoms with van der Waals surface area (Å²) in [4.78, 5) is 93.5. The molecule has 6 N–H and O–H groups in total. The van der Waals surface area contributed by atoms with Crippen LogP contribution in [0.1, 0.15) is 112 Å². The predicted octanol–water partition coefficient (Wildman–Crippen LogP) is 14.5. The summed E-state index contributed by atoms with van der Waals surface area (Å²) < 4.78 is 56.8. The number of aliphatic hydroxyl groups is 2. The molecule has 0 spiro atoms. The molecule has 2 aliphatic rings. The number of benzene rings is 4. The van der Waals surface area contributed by atoms with Crippen LogP contribution in [0.3, 0.4) is 0 Å². The van der Waals surface area contributed by atoms with Crippen LogP contribution < -0.4 is 29.6 Å². The summed E-state index contributed by atoms with van der Waals surface area (Å²) in [6.45, 7) is 19.3. The molecule has 0 unspecified atom stereocenters. The largest absolute Gasteiger partial charge is 0.475 e. The van der Waals surface area contributed by atoms with Gasteiger partial charge in [0.25, 0.3) is 11.8 Å². The molecule has 10 aromatic heterocycles. The lowest BCUT2D eigenvalue weighted by Crippen LogP contribution is -2.48. The second-order valence-corrected chi connectivity index (χ2v) is 33.5. The van der Waals surface area contributed by atoms with E-state index in [4.69, 9.17) is 46.9 Å². The Kier molecular flexibility index (Phi) is 29.2. The van der Waals surface area contributed by atoms with Crippen molar-refractivity contribution >= 4 is 89.9 Å². The molecule has 0 aliphatic carbocycles. The van der Waals surface area contributed by atoms with Gasteiger partial charge in [-0.05, 0) is 120 Å². The zero-order chi connectivity index (χ0) is 87.7. The van der Waals surface area contributed by atoms with Gasteiger partial charge in [0.05, 0.1) is 109 Å². The maximum atomic E-state index is 14.1. The van der Waals surface area contributed by atoms with E-state index >= 15 is 0 Å². The number of thiazole rings is 2. The van der Waals surface area contributed by atoms with Crippen LogP contribution in [-0.4, -0.2) is 210 Å². The van der Waals surface area contributed by atoms with Crippen molar-refractivity contribution in [2.24, 2.45) is 11.8 Å². The van der Waals surface area contributed by atoms with Crippen LogP contribution in [0.15, 0.2) is 191 Å². The lowest BCUT2D eigenvalue weighted by atomic mass is 9.91. The number of carbonyl (C=O) groups excluding carboxylic acids is 4. The number of nitrogens with one attached hydrogen (secondary N) is 4. The number of likely N-dealkylation sites (tertiary alicyclic amines) is 2. The van der Waals surface area contributed by atoms with Gasteiger partial charge >= 0.3 is 0 Å². The standard InChI is InChI=1S/2C47H51N7O8S/c2*1-28(2)44(47(57)54-26-35(55)22-40(54)46(56)51-29(3)31-5-7-32(8-6-31)45-30(4)50-27-63-45)41-23-43(53-62-41)61-20-18-59-16-15-58-17-19-60-42-12-10-34(24-49-42)33-9-11-36-37-25-48-14-13-38(37)52-39(36)21-33/h2*5-14,21,23-25,27-29,35,40,44,52,55H,15-20,22,26H2,1-4H3,(H,51,56)/t29-,35+,40-,44+;29-,35+,40-,44-/m00/s1. The molecule has 0 saturated carbocycles. The van der Waals surface area contributed by atoms with Crippen molar-refractivity contribution in [1.82, 2.24) is 70.6 Å². The third-order valence-electron chi connectivity index (χ3n) is 22.4. The van der Waals surface area contributed by atoms with Crippen molar-refractivity contribution in [3.8, 4) is 66.7 Å². The Balaban J connectivity index is 0.000000194. The molecule has 12 heterocycles. The molecular formula is C94H102N14O16S2. The van der Waals surface area contributed by atoms with Crippen molar-refractivity contribution in [2.45, 2.75) is 116 Å². The fourth-order valence-electron chi connectivity index (χ4n) is 15.8. The molecular weight excluding hydrogens is 1650 g/mol. The van der Waals surface area contributed by atoms with Gasteiger partial charge in [0.1, 0.15) is 50.3 Å². The van der Waals surface area contributed by atoms with Gasteiger partial charge in [-0.15, -0.1) is 22.7 Å². The zero-order valence-electron chi connectivity index (χ0n) is 71.3. The minimum Gasteiger partial charge on any atom is -0.475 e. The molecule has 2 saturated heterocycles. The molecule has 126 heavy (non-hydrogen) atoms. The first-order valence-corrected chi connectivity index (χ1v) is 44.0. The minimum atomic E-state index is -0.838. The zero-order valence-corrected chi connectivity index (χ0v) is 72.9. The normalized spacial score (nSPS) is 16.2. The van der Waals surface area contributed by atoms with E-state index in [1.54, 1.807) is 59.6 Å². The van der Waals surface area contributed by atoms with E-state index in [2.05, 4.69) is 97.2 Å². The summed E-state index contributed by atoms with van der Waals surface area (Å²) in [5.41, 5.74) is 17.9. The predicted molar refractivity (Wildman–Crippen MR) is 477 cm³/mol. The van der Waals surface area contributed by atoms with Crippen molar-refractivity contribution in [2.75, 3.05) is 92.4 Å². The van der Waals surface area contributed by atoms with Gasteiger partial charge in [0.2, 0.25) is 35.4 Å². The van der Waals surface area contributed by atoms with Crippen molar-refractivity contribution in [1.29, 1.82) is 0 Å². The number of aromatic nitrogens is 10. The SMILES string of the molecule is Cc1ncsc1-c1ccc([C@H](C)NC(=O)[C@@H]2C[C@@H](O)CN2C(=O)[C@@H](c2cc(OCCOCCOCCOc3ccc(-c4ccc5c(c4)[nH]c4ccncc45)cn3)no2)C(C)C)cc1.Cc1ncsc1-c1ccc([C@H](C)NC(=O)[C@@H]2C[C@@H](O)CN2C(=O)[C@H](c2cc(OCCOCCOCCOc3ccc(-c4ccc5c(c4)[nH]c4ccncc45)cn3)no2)C(C)C)cc1. The number of nitrogens with zero attached hydrogens (tertiary/aromatic N) is 10. The van der Waals surface area contributed by atoms with E-state index < -0.39 is 36.1 Å². The van der Waals surface area contributed by atoms with Gasteiger partial charge in [0.15, 0.2) is 11.5 Å². The summed E-state index contributed by atoms with van der Waals surface area (Å²) >= 11 is 3.17. The molecule has 4 aromatic carbocycles. The Labute approximate surface area is 735 Å². The molecule has 32 heteroatoms. The fraction of sp³-hybridized carbons (Fsp3) is 0.362. The number of carbonyl (C=O) groups is 4. The van der Waals surface area contributed by atoms with Gasteiger partial charge < -0.3 is 87.6 Å². The maximum absolute atomic E-state index is 14.1. The number of fused-ring (bicyclic) bond motifs is 6. The molecule has 30 nitrogen and oxygen atoms in total. The van der Waals surface area contributed by atoms with Gasteiger partial charge in [-0.25, -0.2) is 19.9 Å². The number of aromatic amines is 2. The van der Waals surface area contributed by atoms with E-state index in [1.807, 2.05) is 164 Å². The number of rotatable bonds is 38. The first-order chi connectivity index (χ1) is 61.2. The van der Waals surface area contributed by atoms with Crippen molar-refractivity contribution in [3.05, 3.63) is 216 Å². The first kappa shape index (κ1) is 88.5. The number of pyridine rings is 4. The van der Waals surface area contributed by atoms with E-state index in [9.17, 15) is 29.4 Å². The van der Waals surface area contributed by atoms with Gasteiger partial charge in [-0.3, -0.25) is 29.1 Å². The number of hydrogen-bond donors (Lipinski definition) is 6. The Hall–Kier alpha value is -12.4. The average Bonchev–Trinajstić information content (AvgIpc) is 1.64. The summed E-state index contributed by atoms with van der Waals surface area (Å²) in [6.07, 6.45) is 9.52. The van der Waals surface area contributed by atoms with Gasteiger partial charge in [0, 0.05) is 142 Å². The highest BCUT2D eigenvalue weighted by Crippen LogP contribution is 2.38. The Morgan fingerprint density at radius 3 is 1.15 bits per heavy atom. The van der Waals surface area contributed by atoms with Crippen LogP contribution in [0, 0.1) is 25.7 Å². The lowest BCUT2D eigenvalue weighted by Gasteiger charge is -2.29. The number of hydrogen-bond acceptors (Lipinski definition) is 26. The highest BCUT2D eigenvalue weighted by atomic mass is 32.1. The molecule has 16 rings (SSSR count). The highest BCUT2D eigenvalue weighted by molar-refractivity contribution is 7.13. The number of amides is 4. The molecule has 8 atom stereocenters. The third-order valence-corrected chi connectivity index (χ3v) is 24.3. The number of H-pyrrole nitrogens is 2. The Bertz CT molecular complexity index is 5610. The van der Waals surface area contributed by atoms with E-state index in [0.717, 1.165) is 109 Å². The van der Waals surface area contributed by atoms with E-state index in [-0.39, 0.29) is 112 Å². The molecule has 2 aliphatic heterocycles. The first-order valence-electron chi connectivity index (χ1n) is 42.2. The lowest BCUT2D eigenvalue weighted by molar-refractivity contribution is -0.141. The smallest absolute Gasteiger partial charge is 0.254 e. The molecule has 14 aromatic rings. The van der Waals surface area contributed by atoms with Crippen LogP contribution in [0.25, 0.3) is 86.7 Å². The minimum absolute atomic E-state index is 0.0399. The molecule has 0 radical (unpaired) electrons. The monoisotopic (exact) mass is 1750 g/mol. The van der Waals surface area contributed by atoms with Crippen LogP contribution in [0.2, 0.25) is 0 Å². The number of aryl methyl sites for hydroxylation is 2. The van der Waals surface area contributed by atoms with Crippen molar-refractivity contribution < 1.29 is 76.3 Å². The fourth-order valence-corrected chi connectivity index (χ4v) is 17.4. The topological polar surface area (TPSA) is 374 Å². The molecule has 656 valence electrons. The number of β-amino-alcohol motifs (C(OH)–C–C–N with tert-alkyl or cyclic N) is 2. The van der Waals surface area contributed by atoms with E-state index in [1.165, 1.54) is 9.80 Å². The second kappa shape index (κ2) is 41.6. The van der Waals surface area contributed by atoms with Crippen LogP contribution in [0.4, 0.5) is 0 Å². The summed E-state index contributed by atoms with van der Waals surface area (Å²) in [5.74, 6) is -1.06. The quantitative estimate of drug-likeness (QED) is 0.0196. The van der Waals surface area contributed by atoms with Gasteiger partial charge in [-0.2, -0.15) is 0 Å². The second-order valence-electron chi connectivity index (χ2n) is 31.8. The number of aliphatic hydroxyl groups excluding tert-OH is 2. The molecule has 2 fully saturated rings. The Morgan fingerprint density at radius 2 is 0.794 bits per heavy atom. The summed E-state index contributed by atoms with van der Waals surface area (Å²) in [7, 11) is 0.